The molecule has 0 amide bonds. The molecule has 0 saturated carbocycles. The fourth-order valence-corrected chi connectivity index (χ4v) is 4.70. The van der Waals surface area contributed by atoms with Crippen molar-refractivity contribution in [1.82, 2.24) is 0 Å². The van der Waals surface area contributed by atoms with Crippen LogP contribution < -0.4 is 4.90 Å². The highest BCUT2D eigenvalue weighted by atomic mass is 32.1. The van der Waals surface area contributed by atoms with E-state index in [0.29, 0.717) is 0 Å². The van der Waals surface area contributed by atoms with E-state index in [1.807, 2.05) is 122 Å². The van der Waals surface area contributed by atoms with Crippen molar-refractivity contribution in [2.45, 2.75) is 111 Å². The number of rotatable bonds is 3. The first-order chi connectivity index (χ1) is 20.9. The minimum absolute atomic E-state index is 1.17. The average Bonchev–Trinajstić information content (AvgIpc) is 3.53. The van der Waals surface area contributed by atoms with Crippen molar-refractivity contribution in [2.75, 3.05) is 4.90 Å². The highest BCUT2D eigenvalue weighted by molar-refractivity contribution is 7.26. The molecule has 1 nitrogen and oxygen atoms in total. The van der Waals surface area contributed by atoms with Crippen LogP contribution in [0.25, 0.3) is 20.2 Å². The van der Waals surface area contributed by atoms with Crippen molar-refractivity contribution in [3.63, 3.8) is 0 Å². The van der Waals surface area contributed by atoms with Crippen LogP contribution in [0.3, 0.4) is 0 Å². The van der Waals surface area contributed by atoms with E-state index in [0.717, 1.165) is 0 Å². The second-order valence-corrected chi connectivity index (χ2v) is 7.31. The molecular weight excluding hydrogens is 527 g/mol. The minimum Gasteiger partial charge on any atom is -0.309 e. The molecular formula is C40H65NS. The second kappa shape index (κ2) is 34.1. The molecule has 0 aliphatic carbocycles. The van der Waals surface area contributed by atoms with E-state index >= 15 is 0 Å². The zero-order chi connectivity index (χ0) is 33.3. The Labute approximate surface area is 266 Å². The number of anilines is 3. The topological polar surface area (TPSA) is 3.24 Å². The Morgan fingerprint density at radius 1 is 0.357 bits per heavy atom. The number of para-hydroxylation sites is 2. The van der Waals surface area contributed by atoms with Crippen LogP contribution in [0, 0.1) is 0 Å². The molecule has 0 bridgehead atoms. The van der Waals surface area contributed by atoms with Gasteiger partial charge in [0.1, 0.15) is 0 Å². The first kappa shape index (κ1) is 45.9. The maximum Gasteiger partial charge on any atom is 0.0640 e. The molecule has 0 saturated heterocycles. The Bertz CT molecular complexity index is 1140. The molecule has 2 heteroatoms. The molecule has 0 unspecified atom stereocenters. The van der Waals surface area contributed by atoms with E-state index in [1.54, 1.807) is 0 Å². The van der Waals surface area contributed by atoms with Crippen LogP contribution in [0.5, 0.6) is 0 Å². The van der Waals surface area contributed by atoms with Gasteiger partial charge in [0.2, 0.25) is 0 Å². The highest BCUT2D eigenvalue weighted by Gasteiger charge is 2.17. The van der Waals surface area contributed by atoms with Gasteiger partial charge in [-0.1, -0.05) is 178 Å². The number of hydrogen-bond donors (Lipinski definition) is 0. The van der Waals surface area contributed by atoms with Gasteiger partial charge in [-0.2, -0.15) is 0 Å². The molecule has 1 heterocycles. The highest BCUT2D eigenvalue weighted by Crippen LogP contribution is 2.44. The number of hydrogen-bond acceptors (Lipinski definition) is 2. The predicted octanol–water partition coefficient (Wildman–Crippen LogP) is 15.7. The Morgan fingerprint density at radius 2 is 0.714 bits per heavy atom. The molecule has 5 rings (SSSR count). The molecule has 4 aromatic carbocycles. The SMILES string of the molecule is CC.CC.CC.CC.CC.CC.CC.CC.c1ccc(N(c2ccccc2)c2cccc3c2sc2ccccc23)cc1. The lowest BCUT2D eigenvalue weighted by Gasteiger charge is -2.25. The number of nitrogens with zero attached hydrogens (tertiary/aromatic N) is 1. The maximum absolute atomic E-state index is 2.34. The van der Waals surface area contributed by atoms with Gasteiger partial charge in [0.05, 0.1) is 10.4 Å². The van der Waals surface area contributed by atoms with Crippen LogP contribution >= 0.6 is 11.3 Å². The van der Waals surface area contributed by atoms with Crippen LogP contribution in [0.4, 0.5) is 17.1 Å². The lowest BCUT2D eigenvalue weighted by Crippen LogP contribution is -2.09. The minimum atomic E-state index is 1.17. The summed E-state index contributed by atoms with van der Waals surface area (Å²) in [6.45, 7) is 32.0. The van der Waals surface area contributed by atoms with Crippen molar-refractivity contribution in [1.29, 1.82) is 0 Å². The lowest BCUT2D eigenvalue weighted by molar-refractivity contribution is 1.30. The normalized spacial score (nSPS) is 8.00. The van der Waals surface area contributed by atoms with Gasteiger partial charge in [-0.15, -0.1) is 11.3 Å². The van der Waals surface area contributed by atoms with E-state index in [-0.39, 0.29) is 0 Å². The largest absolute Gasteiger partial charge is 0.309 e. The molecule has 0 aliphatic heterocycles. The molecule has 42 heavy (non-hydrogen) atoms. The van der Waals surface area contributed by atoms with Crippen LogP contribution in [-0.2, 0) is 0 Å². The van der Waals surface area contributed by atoms with Gasteiger partial charge in [-0.25, -0.2) is 0 Å². The molecule has 0 radical (unpaired) electrons. The van der Waals surface area contributed by atoms with Crippen molar-refractivity contribution in [2.24, 2.45) is 0 Å². The Kier molecular flexibility index (Phi) is 37.2. The third-order valence-electron chi connectivity index (χ3n) is 4.65. The molecule has 0 aliphatic rings. The number of thiophene rings is 1. The van der Waals surface area contributed by atoms with E-state index in [1.165, 1.54) is 37.2 Å². The number of fused-ring (bicyclic) bond motifs is 3. The molecule has 0 atom stereocenters. The summed E-state index contributed by atoms with van der Waals surface area (Å²) in [5.41, 5.74) is 3.56. The lowest BCUT2D eigenvalue weighted by atomic mass is 10.1. The summed E-state index contributed by atoms with van der Waals surface area (Å²) >= 11 is 1.86. The van der Waals surface area contributed by atoms with E-state index in [9.17, 15) is 0 Å². The smallest absolute Gasteiger partial charge is 0.0640 e. The van der Waals surface area contributed by atoms with E-state index < -0.39 is 0 Å². The van der Waals surface area contributed by atoms with Crippen molar-refractivity contribution < 1.29 is 0 Å². The average molecular weight is 592 g/mol. The third kappa shape index (κ3) is 14.2. The molecule has 5 aromatic rings. The van der Waals surface area contributed by atoms with E-state index in [2.05, 4.69) is 108 Å². The molecule has 0 N–H and O–H groups in total. The van der Waals surface area contributed by atoms with Gasteiger partial charge in [0.15, 0.2) is 0 Å². The number of benzene rings is 4. The Morgan fingerprint density at radius 3 is 1.14 bits per heavy atom. The monoisotopic (exact) mass is 591 g/mol. The molecule has 0 spiro atoms. The van der Waals surface area contributed by atoms with Gasteiger partial charge < -0.3 is 4.90 Å². The van der Waals surface area contributed by atoms with Gasteiger partial charge in [-0.05, 0) is 36.4 Å². The van der Waals surface area contributed by atoms with Crippen molar-refractivity contribution in [3.05, 3.63) is 103 Å². The maximum atomic E-state index is 2.34. The summed E-state index contributed by atoms with van der Waals surface area (Å²) in [7, 11) is 0. The summed E-state index contributed by atoms with van der Waals surface area (Å²) in [6.07, 6.45) is 0. The van der Waals surface area contributed by atoms with Crippen LogP contribution in [0.2, 0.25) is 0 Å². The Balaban J connectivity index is -0.000000394. The van der Waals surface area contributed by atoms with Gasteiger partial charge in [-0.3, -0.25) is 0 Å². The van der Waals surface area contributed by atoms with Gasteiger partial charge in [0, 0.05) is 26.8 Å². The van der Waals surface area contributed by atoms with E-state index in [4.69, 9.17) is 0 Å². The van der Waals surface area contributed by atoms with Gasteiger partial charge in [0.25, 0.3) is 0 Å². The summed E-state index contributed by atoms with van der Waals surface area (Å²) in [5.74, 6) is 0. The molecule has 236 valence electrons. The molecule has 1 aromatic heterocycles. The third-order valence-corrected chi connectivity index (χ3v) is 5.86. The summed E-state index contributed by atoms with van der Waals surface area (Å²) in [4.78, 5) is 2.34. The first-order valence-electron chi connectivity index (χ1n) is 16.7. The van der Waals surface area contributed by atoms with Crippen LogP contribution in [-0.4, -0.2) is 0 Å². The molecule has 0 fully saturated rings. The first-order valence-corrected chi connectivity index (χ1v) is 17.5. The quantitative estimate of drug-likeness (QED) is 0.202. The zero-order valence-electron chi connectivity index (χ0n) is 30.2. The predicted molar refractivity (Wildman–Crippen MR) is 205 cm³/mol. The summed E-state index contributed by atoms with van der Waals surface area (Å²) in [6, 6.07) is 36.4. The van der Waals surface area contributed by atoms with Crippen LogP contribution in [0.15, 0.2) is 103 Å². The fourth-order valence-electron chi connectivity index (χ4n) is 3.49. The zero-order valence-corrected chi connectivity index (χ0v) is 31.0. The standard InChI is InChI=1S/C24H17NS.8C2H6/c1-3-10-18(11-4-1)25(19-12-5-2-6-13-19)22-16-9-15-21-20-14-7-8-17-23(20)26-24(21)22;8*1-2/h1-17H;8*1-2H3. The Hall–Kier alpha value is -3.10. The van der Waals surface area contributed by atoms with Gasteiger partial charge >= 0.3 is 0 Å². The summed E-state index contributed by atoms with van der Waals surface area (Å²) in [5, 5.41) is 2.65. The van der Waals surface area contributed by atoms with Crippen molar-refractivity contribution >= 4 is 48.6 Å². The van der Waals surface area contributed by atoms with Crippen LogP contribution in [0.1, 0.15) is 111 Å². The van der Waals surface area contributed by atoms with Crippen molar-refractivity contribution in [3.8, 4) is 0 Å². The summed E-state index contributed by atoms with van der Waals surface area (Å²) < 4.78 is 2.65. The fraction of sp³-hybridized carbons (Fsp3) is 0.400. The second-order valence-electron chi connectivity index (χ2n) is 6.26.